The Morgan fingerprint density at radius 2 is 1.83 bits per heavy atom. The van der Waals surface area contributed by atoms with Gasteiger partial charge in [0.25, 0.3) is 0 Å². The third kappa shape index (κ3) is 3.39. The number of aromatic nitrogens is 2. The molecular formula is C22H20F3N3O. The largest absolute Gasteiger partial charge is 0.416 e. The number of carbonyl (C=O) groups excluding carboxylic acids is 1. The highest BCUT2D eigenvalue weighted by Crippen LogP contribution is 2.44. The lowest BCUT2D eigenvalue weighted by molar-refractivity contribution is -0.139. The van der Waals surface area contributed by atoms with E-state index in [1.165, 1.54) is 12.1 Å². The summed E-state index contributed by atoms with van der Waals surface area (Å²) >= 11 is 0. The smallest absolute Gasteiger partial charge is 0.349 e. The summed E-state index contributed by atoms with van der Waals surface area (Å²) in [7, 11) is 0. The molecule has 1 amide bonds. The summed E-state index contributed by atoms with van der Waals surface area (Å²) in [5.41, 5.74) is 2.34. The van der Waals surface area contributed by atoms with E-state index >= 15 is 0 Å². The Labute approximate surface area is 165 Å². The van der Waals surface area contributed by atoms with Gasteiger partial charge in [0.1, 0.15) is 5.65 Å². The molecule has 2 aliphatic rings. The molecule has 1 saturated carbocycles. The lowest BCUT2D eigenvalue weighted by Gasteiger charge is -2.32. The molecule has 4 nitrogen and oxygen atoms in total. The van der Waals surface area contributed by atoms with Crippen LogP contribution in [0.15, 0.2) is 42.6 Å². The van der Waals surface area contributed by atoms with Crippen molar-refractivity contribution < 1.29 is 18.0 Å². The van der Waals surface area contributed by atoms with Gasteiger partial charge in [0.05, 0.1) is 11.6 Å². The maximum absolute atomic E-state index is 13.5. The number of fused-ring (bicyclic) bond motifs is 1. The van der Waals surface area contributed by atoms with E-state index in [4.69, 9.17) is 0 Å². The molecule has 29 heavy (non-hydrogen) atoms. The lowest BCUT2D eigenvalue weighted by atomic mass is 9.82. The van der Waals surface area contributed by atoms with Crippen LogP contribution in [0.1, 0.15) is 65.9 Å². The van der Waals surface area contributed by atoms with Gasteiger partial charge in [-0.1, -0.05) is 18.2 Å². The van der Waals surface area contributed by atoms with Gasteiger partial charge in [-0.3, -0.25) is 4.79 Å². The molecule has 1 aromatic carbocycles. The van der Waals surface area contributed by atoms with E-state index in [-0.39, 0.29) is 23.8 Å². The topological polar surface area (TPSA) is 57.8 Å². The maximum atomic E-state index is 13.5. The summed E-state index contributed by atoms with van der Waals surface area (Å²) in [4.78, 5) is 20.2. The number of amides is 1. The van der Waals surface area contributed by atoms with Crippen LogP contribution in [0, 0.1) is 0 Å². The third-order valence-electron chi connectivity index (χ3n) is 5.97. The van der Waals surface area contributed by atoms with Crippen molar-refractivity contribution >= 4 is 16.9 Å². The van der Waals surface area contributed by atoms with Crippen molar-refractivity contribution in [3.8, 4) is 0 Å². The predicted molar refractivity (Wildman–Crippen MR) is 102 cm³/mol. The molecule has 0 spiro atoms. The van der Waals surface area contributed by atoms with Gasteiger partial charge in [-0.05, 0) is 60.4 Å². The van der Waals surface area contributed by atoms with Gasteiger partial charge in [0, 0.05) is 23.7 Å². The van der Waals surface area contributed by atoms with Crippen LogP contribution in [-0.4, -0.2) is 15.9 Å². The maximum Gasteiger partial charge on any atom is 0.416 e. The van der Waals surface area contributed by atoms with Crippen molar-refractivity contribution in [1.82, 2.24) is 15.3 Å². The molecule has 0 radical (unpaired) electrons. The number of benzene rings is 1. The molecule has 5 rings (SSSR count). The quantitative estimate of drug-likeness (QED) is 0.637. The molecule has 0 bridgehead atoms. The highest BCUT2D eigenvalue weighted by atomic mass is 19.4. The molecular weight excluding hydrogens is 379 g/mol. The first kappa shape index (κ1) is 18.2. The zero-order valence-corrected chi connectivity index (χ0v) is 15.6. The molecule has 3 aromatic rings. The van der Waals surface area contributed by atoms with Gasteiger partial charge in [-0.2, -0.15) is 13.2 Å². The van der Waals surface area contributed by atoms with Gasteiger partial charge < -0.3 is 10.3 Å². The van der Waals surface area contributed by atoms with Crippen molar-refractivity contribution in [2.75, 3.05) is 0 Å². The first-order valence-corrected chi connectivity index (χ1v) is 9.83. The summed E-state index contributed by atoms with van der Waals surface area (Å²) in [6.45, 7) is 0. The number of carbonyl (C=O) groups is 1. The van der Waals surface area contributed by atoms with Crippen molar-refractivity contribution in [2.45, 2.75) is 49.7 Å². The van der Waals surface area contributed by atoms with Crippen LogP contribution < -0.4 is 5.32 Å². The van der Waals surface area contributed by atoms with Crippen molar-refractivity contribution in [2.24, 2.45) is 0 Å². The van der Waals surface area contributed by atoms with Crippen LogP contribution >= 0.6 is 0 Å². The number of nitrogens with zero attached hydrogens (tertiary/aromatic N) is 1. The van der Waals surface area contributed by atoms with Crippen LogP contribution in [0.4, 0.5) is 13.2 Å². The van der Waals surface area contributed by atoms with Gasteiger partial charge in [-0.15, -0.1) is 0 Å². The Bertz CT molecular complexity index is 1080. The summed E-state index contributed by atoms with van der Waals surface area (Å²) < 4.78 is 40.5. The normalized spacial score (nSPS) is 22.7. The number of hydrogen-bond donors (Lipinski definition) is 2. The van der Waals surface area contributed by atoms with Crippen LogP contribution in [0.2, 0.25) is 0 Å². The number of hydrogen-bond acceptors (Lipinski definition) is 2. The first-order chi connectivity index (χ1) is 13.9. The molecule has 7 heteroatoms. The lowest BCUT2D eigenvalue weighted by Crippen LogP contribution is -2.37. The Hall–Kier alpha value is -2.83. The molecule has 2 fully saturated rings. The second kappa shape index (κ2) is 6.61. The number of pyridine rings is 1. The van der Waals surface area contributed by atoms with E-state index in [0.29, 0.717) is 12.3 Å². The summed E-state index contributed by atoms with van der Waals surface area (Å²) in [6, 6.07) is 8.80. The minimum atomic E-state index is -4.46. The molecule has 2 aromatic heterocycles. The Morgan fingerprint density at radius 3 is 2.59 bits per heavy atom. The van der Waals surface area contributed by atoms with Crippen molar-refractivity contribution in [3.63, 3.8) is 0 Å². The van der Waals surface area contributed by atoms with Crippen molar-refractivity contribution in [1.29, 1.82) is 0 Å². The first-order valence-electron chi connectivity index (χ1n) is 9.83. The molecule has 3 heterocycles. The Morgan fingerprint density at radius 1 is 1.03 bits per heavy atom. The fourth-order valence-corrected chi connectivity index (χ4v) is 4.44. The fourth-order valence-electron chi connectivity index (χ4n) is 4.44. The minimum Gasteiger partial charge on any atom is -0.349 e. The standard InChI is InChI=1S/C22H20F3N3O/c23-22(24,25)17-4-2-1-3-15(17)19-9-13(10-20(29)27-19)14-7-8-26-21-16(14)11-18(28-21)12-5-6-12/h1-4,7-8,11-13,19H,5-6,9-10H2,(H,26,28)(H,27,29). The van der Waals surface area contributed by atoms with E-state index in [1.807, 2.05) is 6.07 Å². The molecule has 2 N–H and O–H groups in total. The summed E-state index contributed by atoms with van der Waals surface area (Å²) in [5.74, 6) is 0.146. The number of aromatic amines is 1. The van der Waals surface area contributed by atoms with E-state index < -0.39 is 17.8 Å². The van der Waals surface area contributed by atoms with Gasteiger partial charge in [0.2, 0.25) is 5.91 Å². The number of alkyl halides is 3. The minimum absolute atomic E-state index is 0.121. The molecule has 150 valence electrons. The van der Waals surface area contributed by atoms with E-state index in [0.717, 1.165) is 41.2 Å². The molecule has 1 aliphatic heterocycles. The van der Waals surface area contributed by atoms with E-state index in [2.05, 4.69) is 21.4 Å². The monoisotopic (exact) mass is 399 g/mol. The Kier molecular flexibility index (Phi) is 4.15. The zero-order chi connectivity index (χ0) is 20.2. The average Bonchev–Trinajstić information content (AvgIpc) is 3.45. The highest BCUT2D eigenvalue weighted by Gasteiger charge is 2.38. The van der Waals surface area contributed by atoms with Crippen LogP contribution in [0.5, 0.6) is 0 Å². The van der Waals surface area contributed by atoms with Crippen LogP contribution in [-0.2, 0) is 11.0 Å². The molecule has 1 saturated heterocycles. The second-order valence-corrected chi connectivity index (χ2v) is 8.00. The summed E-state index contributed by atoms with van der Waals surface area (Å²) in [5, 5.41) is 3.73. The van der Waals surface area contributed by atoms with Crippen molar-refractivity contribution in [3.05, 3.63) is 65.0 Å². The van der Waals surface area contributed by atoms with E-state index in [1.54, 1.807) is 12.3 Å². The molecule has 1 aliphatic carbocycles. The number of H-pyrrole nitrogens is 1. The fraction of sp³-hybridized carbons (Fsp3) is 0.364. The van der Waals surface area contributed by atoms with E-state index in [9.17, 15) is 18.0 Å². The van der Waals surface area contributed by atoms with Crippen LogP contribution in [0.3, 0.4) is 0 Å². The number of nitrogens with one attached hydrogen (secondary N) is 2. The Balaban J connectivity index is 1.52. The van der Waals surface area contributed by atoms with Gasteiger partial charge in [0.15, 0.2) is 0 Å². The number of halogens is 3. The molecule has 2 unspecified atom stereocenters. The number of rotatable bonds is 3. The van der Waals surface area contributed by atoms with Gasteiger partial charge in [-0.25, -0.2) is 4.98 Å². The van der Waals surface area contributed by atoms with Crippen LogP contribution in [0.25, 0.3) is 11.0 Å². The average molecular weight is 399 g/mol. The summed E-state index contributed by atoms with van der Waals surface area (Å²) in [6.07, 6.45) is 0.234. The third-order valence-corrected chi connectivity index (χ3v) is 5.97. The molecule has 2 atom stereocenters. The number of piperidine rings is 1. The SMILES string of the molecule is O=C1CC(c2ccnc3[nH]c(C4CC4)cc23)CC(c2ccccc2C(F)(F)F)N1. The second-order valence-electron chi connectivity index (χ2n) is 8.00. The van der Waals surface area contributed by atoms with Gasteiger partial charge >= 0.3 is 6.18 Å². The zero-order valence-electron chi connectivity index (χ0n) is 15.6. The highest BCUT2D eigenvalue weighted by molar-refractivity contribution is 5.84. The predicted octanol–water partition coefficient (Wildman–Crippen LogP) is 5.19.